The predicted octanol–water partition coefficient (Wildman–Crippen LogP) is 3.89. The molecule has 3 atom stereocenters. The third-order valence-corrected chi connectivity index (χ3v) is 4.83. The maximum absolute atomic E-state index is 11.2. The van der Waals surface area contributed by atoms with Crippen LogP contribution in [0.4, 0.5) is 0 Å². The van der Waals surface area contributed by atoms with Crippen LogP contribution >= 0.6 is 11.6 Å². The molecule has 1 N–H and O–H groups in total. The number of oxime groups is 1. The van der Waals surface area contributed by atoms with Crippen molar-refractivity contribution in [2.75, 3.05) is 6.61 Å². The number of benzene rings is 1. The van der Waals surface area contributed by atoms with Gasteiger partial charge in [0.15, 0.2) is 12.2 Å². The molecule has 1 aliphatic carbocycles. The molecule has 26 heavy (non-hydrogen) atoms. The van der Waals surface area contributed by atoms with Crippen molar-refractivity contribution in [2.45, 2.75) is 57.8 Å². The number of unbranched alkanes of at least 4 members (excludes halogenated alkanes) is 1. The van der Waals surface area contributed by atoms with Gasteiger partial charge in [-0.3, -0.25) is 0 Å². The standard InChI is InChI=1S/C19H24ClNO5/c1-3-4-9-24-18-16(21-26-17(18)12-5-6-12)14-10-13(20)7-8-15(14)25-11(2)19(22)23/h7-8,10-12,17-18H,3-6,9H2,1-2H3,(H,22,23). The smallest absolute Gasteiger partial charge is 0.344 e. The van der Waals surface area contributed by atoms with Crippen molar-refractivity contribution in [1.82, 2.24) is 0 Å². The number of hydrogen-bond acceptors (Lipinski definition) is 5. The maximum Gasteiger partial charge on any atom is 0.344 e. The van der Waals surface area contributed by atoms with Gasteiger partial charge >= 0.3 is 5.97 Å². The van der Waals surface area contributed by atoms with Crippen molar-refractivity contribution < 1.29 is 24.2 Å². The van der Waals surface area contributed by atoms with Gasteiger partial charge < -0.3 is 19.4 Å². The van der Waals surface area contributed by atoms with Crippen molar-refractivity contribution in [1.29, 1.82) is 0 Å². The quantitative estimate of drug-likeness (QED) is 0.656. The number of aliphatic carboxylic acids is 1. The molecule has 1 aromatic rings. The minimum Gasteiger partial charge on any atom is -0.479 e. The Bertz CT molecular complexity index is 689. The topological polar surface area (TPSA) is 77.4 Å². The molecule has 3 rings (SSSR count). The summed E-state index contributed by atoms with van der Waals surface area (Å²) in [5, 5.41) is 13.9. The van der Waals surface area contributed by atoms with Crippen LogP contribution in [0.5, 0.6) is 5.75 Å². The Hall–Kier alpha value is -1.79. The average Bonchev–Trinajstić information content (AvgIpc) is 3.37. The fourth-order valence-electron chi connectivity index (χ4n) is 2.92. The fourth-order valence-corrected chi connectivity index (χ4v) is 3.09. The van der Waals surface area contributed by atoms with Gasteiger partial charge in [-0.15, -0.1) is 0 Å². The first-order valence-corrected chi connectivity index (χ1v) is 9.43. The third-order valence-electron chi connectivity index (χ3n) is 4.59. The van der Waals surface area contributed by atoms with E-state index in [2.05, 4.69) is 12.1 Å². The minimum absolute atomic E-state index is 0.106. The molecule has 0 saturated heterocycles. The Morgan fingerprint density at radius 2 is 2.23 bits per heavy atom. The van der Waals surface area contributed by atoms with Gasteiger partial charge in [0.25, 0.3) is 0 Å². The van der Waals surface area contributed by atoms with Gasteiger partial charge in [0.1, 0.15) is 17.6 Å². The molecule has 1 aromatic carbocycles. The molecule has 1 saturated carbocycles. The van der Waals surface area contributed by atoms with Crippen LogP contribution in [0.2, 0.25) is 5.02 Å². The van der Waals surface area contributed by atoms with E-state index in [4.69, 9.17) is 31.0 Å². The lowest BCUT2D eigenvalue weighted by atomic mass is 9.98. The summed E-state index contributed by atoms with van der Waals surface area (Å²) < 4.78 is 11.7. The Kier molecular flexibility index (Phi) is 6.04. The summed E-state index contributed by atoms with van der Waals surface area (Å²) in [4.78, 5) is 16.8. The van der Waals surface area contributed by atoms with E-state index >= 15 is 0 Å². The van der Waals surface area contributed by atoms with Gasteiger partial charge in [-0.2, -0.15) is 0 Å². The molecule has 142 valence electrons. The summed E-state index contributed by atoms with van der Waals surface area (Å²) in [7, 11) is 0. The normalized spacial score (nSPS) is 23.3. The molecule has 0 aromatic heterocycles. The molecule has 1 fully saturated rings. The van der Waals surface area contributed by atoms with E-state index in [9.17, 15) is 4.79 Å². The number of hydrogen-bond donors (Lipinski definition) is 1. The minimum atomic E-state index is -1.04. The molecule has 0 radical (unpaired) electrons. The van der Waals surface area contributed by atoms with Gasteiger partial charge in [0.05, 0.1) is 0 Å². The summed E-state index contributed by atoms with van der Waals surface area (Å²) in [5.74, 6) is -0.182. The van der Waals surface area contributed by atoms with Crippen LogP contribution in [0.15, 0.2) is 23.4 Å². The zero-order valence-corrected chi connectivity index (χ0v) is 15.7. The van der Waals surface area contributed by atoms with E-state index < -0.39 is 12.1 Å². The monoisotopic (exact) mass is 381 g/mol. The highest BCUT2D eigenvalue weighted by atomic mass is 35.5. The fraction of sp³-hybridized carbons (Fsp3) is 0.579. The summed E-state index contributed by atoms with van der Waals surface area (Å²) >= 11 is 6.17. The molecule has 1 aliphatic heterocycles. The van der Waals surface area contributed by atoms with E-state index in [1.54, 1.807) is 18.2 Å². The van der Waals surface area contributed by atoms with Gasteiger partial charge in [0.2, 0.25) is 0 Å². The highest BCUT2D eigenvalue weighted by Crippen LogP contribution is 2.41. The van der Waals surface area contributed by atoms with Crippen LogP contribution in [0, 0.1) is 5.92 Å². The zero-order valence-electron chi connectivity index (χ0n) is 15.0. The number of carbonyl (C=O) groups is 1. The van der Waals surface area contributed by atoms with Crippen LogP contribution in [0.1, 0.15) is 45.1 Å². The van der Waals surface area contributed by atoms with Crippen molar-refractivity contribution >= 4 is 23.3 Å². The SMILES string of the molecule is CCCCOC1C(c2cc(Cl)ccc2OC(C)C(=O)O)=NOC1C1CC1. The highest BCUT2D eigenvalue weighted by Gasteiger charge is 2.46. The number of halogens is 1. The van der Waals surface area contributed by atoms with Crippen molar-refractivity contribution in [3.63, 3.8) is 0 Å². The summed E-state index contributed by atoms with van der Waals surface area (Å²) in [6.45, 7) is 4.21. The summed E-state index contributed by atoms with van der Waals surface area (Å²) in [5.41, 5.74) is 1.24. The molecule has 0 amide bonds. The van der Waals surface area contributed by atoms with Crippen LogP contribution in [-0.4, -0.2) is 41.7 Å². The lowest BCUT2D eigenvalue weighted by molar-refractivity contribution is -0.144. The van der Waals surface area contributed by atoms with E-state index in [1.165, 1.54) is 6.92 Å². The first-order valence-electron chi connectivity index (χ1n) is 9.06. The molecule has 7 heteroatoms. The maximum atomic E-state index is 11.2. The third kappa shape index (κ3) is 4.30. The highest BCUT2D eigenvalue weighted by molar-refractivity contribution is 6.31. The Balaban J connectivity index is 1.87. The average molecular weight is 382 g/mol. The van der Waals surface area contributed by atoms with Crippen molar-refractivity contribution in [3.05, 3.63) is 28.8 Å². The number of ether oxygens (including phenoxy) is 2. The van der Waals surface area contributed by atoms with Gasteiger partial charge in [0, 0.05) is 23.1 Å². The van der Waals surface area contributed by atoms with Crippen molar-refractivity contribution in [3.8, 4) is 5.75 Å². The zero-order chi connectivity index (χ0) is 18.7. The van der Waals surface area contributed by atoms with Gasteiger partial charge in [-0.05, 0) is 44.4 Å². The summed E-state index contributed by atoms with van der Waals surface area (Å²) in [6.07, 6.45) is 2.81. The predicted molar refractivity (Wildman–Crippen MR) is 98.0 cm³/mol. The van der Waals surface area contributed by atoms with Crippen molar-refractivity contribution in [2.24, 2.45) is 11.1 Å². The van der Waals surface area contributed by atoms with E-state index in [1.807, 2.05) is 0 Å². The number of rotatable bonds is 9. The van der Waals surface area contributed by atoms with E-state index in [-0.39, 0.29) is 12.2 Å². The summed E-state index contributed by atoms with van der Waals surface area (Å²) in [6, 6.07) is 5.04. The lowest BCUT2D eigenvalue weighted by Crippen LogP contribution is -2.35. The molecular formula is C19H24ClNO5. The van der Waals surface area contributed by atoms with Crippen LogP contribution in [0.3, 0.4) is 0 Å². The van der Waals surface area contributed by atoms with Crippen LogP contribution in [0.25, 0.3) is 0 Å². The second-order valence-corrected chi connectivity index (χ2v) is 7.20. The molecule has 0 spiro atoms. The number of nitrogens with zero attached hydrogens (tertiary/aromatic N) is 1. The molecule has 2 aliphatic rings. The van der Waals surface area contributed by atoms with Crippen LogP contribution < -0.4 is 4.74 Å². The van der Waals surface area contributed by atoms with E-state index in [0.717, 1.165) is 25.7 Å². The molecule has 3 unspecified atom stereocenters. The Morgan fingerprint density at radius 3 is 2.88 bits per heavy atom. The van der Waals surface area contributed by atoms with E-state index in [0.29, 0.717) is 34.6 Å². The van der Waals surface area contributed by atoms with Crippen LogP contribution in [-0.2, 0) is 14.4 Å². The number of carboxylic acids is 1. The first-order chi connectivity index (χ1) is 12.5. The molecule has 1 heterocycles. The Morgan fingerprint density at radius 1 is 1.46 bits per heavy atom. The van der Waals surface area contributed by atoms with Gasteiger partial charge in [-0.25, -0.2) is 4.79 Å². The second-order valence-electron chi connectivity index (χ2n) is 6.77. The van der Waals surface area contributed by atoms with Gasteiger partial charge in [-0.1, -0.05) is 30.1 Å². The molecule has 6 nitrogen and oxygen atoms in total. The lowest BCUT2D eigenvalue weighted by Gasteiger charge is -2.21. The number of carboxylic acid groups (broad SMARTS) is 1. The largest absolute Gasteiger partial charge is 0.479 e. The Labute approximate surface area is 158 Å². The first kappa shape index (κ1) is 19.0. The second kappa shape index (κ2) is 8.27. The molecule has 0 bridgehead atoms. The molecular weight excluding hydrogens is 358 g/mol.